The average Bonchev–Trinajstić information content (AvgIpc) is 2.60. The van der Waals surface area contributed by atoms with Crippen LogP contribution < -0.4 is 5.32 Å². The summed E-state index contributed by atoms with van der Waals surface area (Å²) in [6.45, 7) is 3.99. The summed E-state index contributed by atoms with van der Waals surface area (Å²) < 4.78 is 0. The summed E-state index contributed by atoms with van der Waals surface area (Å²) in [6, 6.07) is 21.2. The number of rotatable bonds is 4. The highest BCUT2D eigenvalue weighted by Gasteiger charge is 2.19. The molecule has 3 heteroatoms. The van der Waals surface area contributed by atoms with E-state index in [0.29, 0.717) is 5.56 Å². The maximum atomic E-state index is 12.8. The van der Waals surface area contributed by atoms with Gasteiger partial charge in [-0.1, -0.05) is 53.6 Å². The Balaban J connectivity index is 1.93. The van der Waals surface area contributed by atoms with E-state index in [4.69, 9.17) is 0 Å². The first kappa shape index (κ1) is 15.9. The van der Waals surface area contributed by atoms with Crippen LogP contribution in [0.1, 0.15) is 38.8 Å². The molecule has 3 rings (SSSR count). The highest BCUT2D eigenvalue weighted by molar-refractivity contribution is 5.95. The van der Waals surface area contributed by atoms with Crippen molar-refractivity contribution in [3.63, 3.8) is 0 Å². The highest BCUT2D eigenvalue weighted by Crippen LogP contribution is 2.21. The summed E-state index contributed by atoms with van der Waals surface area (Å²) in [5.41, 5.74) is 4.66. The first-order chi connectivity index (χ1) is 11.6. The van der Waals surface area contributed by atoms with Crippen molar-refractivity contribution >= 4 is 5.91 Å². The second-order valence-electron chi connectivity index (χ2n) is 5.95. The van der Waals surface area contributed by atoms with E-state index in [1.807, 2.05) is 74.5 Å². The van der Waals surface area contributed by atoms with Crippen LogP contribution >= 0.6 is 0 Å². The summed E-state index contributed by atoms with van der Waals surface area (Å²) >= 11 is 0. The number of carbonyl (C=O) groups is 1. The number of aryl methyl sites for hydroxylation is 2. The van der Waals surface area contributed by atoms with Gasteiger partial charge in [0.15, 0.2) is 0 Å². The number of hydrogen-bond acceptors (Lipinski definition) is 2. The lowest BCUT2D eigenvalue weighted by molar-refractivity contribution is 0.0942. The van der Waals surface area contributed by atoms with Gasteiger partial charge in [0.25, 0.3) is 5.91 Å². The van der Waals surface area contributed by atoms with Gasteiger partial charge in [-0.15, -0.1) is 0 Å². The van der Waals surface area contributed by atoms with Crippen molar-refractivity contribution in [2.75, 3.05) is 0 Å². The van der Waals surface area contributed by atoms with Crippen molar-refractivity contribution in [2.45, 2.75) is 19.9 Å². The molecule has 0 aliphatic heterocycles. The van der Waals surface area contributed by atoms with Crippen molar-refractivity contribution in [1.82, 2.24) is 10.3 Å². The molecular formula is C21H20N2O. The minimum Gasteiger partial charge on any atom is -0.340 e. The number of carbonyl (C=O) groups excluding carboxylic acids is 1. The third-order valence-electron chi connectivity index (χ3n) is 3.88. The van der Waals surface area contributed by atoms with E-state index in [0.717, 1.165) is 22.4 Å². The minimum absolute atomic E-state index is 0.0960. The predicted octanol–water partition coefficient (Wildman–Crippen LogP) is 4.22. The number of amides is 1. The van der Waals surface area contributed by atoms with E-state index in [1.165, 1.54) is 0 Å². The lowest BCUT2D eigenvalue weighted by atomic mass is 10.0. The van der Waals surface area contributed by atoms with Gasteiger partial charge in [-0.25, -0.2) is 0 Å². The lowest BCUT2D eigenvalue weighted by Crippen LogP contribution is -2.30. The van der Waals surface area contributed by atoms with Crippen molar-refractivity contribution in [3.05, 3.63) is 101 Å². The van der Waals surface area contributed by atoms with Gasteiger partial charge < -0.3 is 5.32 Å². The van der Waals surface area contributed by atoms with Crippen molar-refractivity contribution in [3.8, 4) is 0 Å². The van der Waals surface area contributed by atoms with Crippen molar-refractivity contribution in [1.29, 1.82) is 0 Å². The topological polar surface area (TPSA) is 42.0 Å². The normalized spacial score (nSPS) is 11.8. The van der Waals surface area contributed by atoms with Gasteiger partial charge in [-0.3, -0.25) is 9.78 Å². The maximum Gasteiger partial charge on any atom is 0.252 e. The molecule has 2 aromatic carbocycles. The Kier molecular flexibility index (Phi) is 4.71. The molecule has 1 amide bonds. The van der Waals surface area contributed by atoms with Gasteiger partial charge in [-0.05, 0) is 43.7 Å². The van der Waals surface area contributed by atoms with E-state index >= 15 is 0 Å². The Hall–Kier alpha value is -2.94. The third kappa shape index (κ3) is 3.69. The second-order valence-corrected chi connectivity index (χ2v) is 5.95. The van der Waals surface area contributed by atoms with Crippen LogP contribution in [0, 0.1) is 13.8 Å². The first-order valence-corrected chi connectivity index (χ1v) is 7.98. The summed E-state index contributed by atoms with van der Waals surface area (Å²) in [6.07, 6.45) is 1.74. The van der Waals surface area contributed by atoms with Crippen LogP contribution in [0.2, 0.25) is 0 Å². The van der Waals surface area contributed by atoms with Crippen molar-refractivity contribution < 1.29 is 4.79 Å². The number of pyridine rings is 1. The maximum absolute atomic E-state index is 12.8. The van der Waals surface area contributed by atoms with Crippen LogP contribution in [-0.2, 0) is 0 Å². The van der Waals surface area contributed by atoms with E-state index in [-0.39, 0.29) is 11.9 Å². The summed E-state index contributed by atoms with van der Waals surface area (Å²) in [4.78, 5) is 17.2. The molecule has 0 aliphatic carbocycles. The van der Waals surface area contributed by atoms with Crippen LogP contribution in [0.25, 0.3) is 0 Å². The molecule has 1 N–H and O–H groups in total. The SMILES string of the molecule is Cc1cc(C)cc(C(=O)NC(c2ccccc2)c2ccccn2)c1. The summed E-state index contributed by atoms with van der Waals surface area (Å²) in [5, 5.41) is 3.12. The Bertz CT molecular complexity index is 769. The molecule has 0 spiro atoms. The fourth-order valence-electron chi connectivity index (χ4n) is 2.84. The Labute approximate surface area is 142 Å². The van der Waals surface area contributed by atoms with Crippen molar-refractivity contribution in [2.24, 2.45) is 0 Å². The molecule has 120 valence electrons. The quantitative estimate of drug-likeness (QED) is 0.783. The predicted molar refractivity (Wildman–Crippen MR) is 95.9 cm³/mol. The Morgan fingerprint density at radius 3 is 2.21 bits per heavy atom. The summed E-state index contributed by atoms with van der Waals surface area (Å²) in [5.74, 6) is -0.0960. The number of nitrogens with zero attached hydrogens (tertiary/aromatic N) is 1. The van der Waals surface area contributed by atoms with E-state index < -0.39 is 0 Å². The van der Waals surface area contributed by atoms with E-state index in [9.17, 15) is 4.79 Å². The largest absolute Gasteiger partial charge is 0.340 e. The smallest absolute Gasteiger partial charge is 0.252 e. The summed E-state index contributed by atoms with van der Waals surface area (Å²) in [7, 11) is 0. The number of aromatic nitrogens is 1. The molecule has 1 aromatic heterocycles. The van der Waals surface area contributed by atoms with Crippen LogP contribution in [0.3, 0.4) is 0 Å². The van der Waals surface area contributed by atoms with Crippen LogP contribution in [0.5, 0.6) is 0 Å². The Morgan fingerprint density at radius 2 is 1.58 bits per heavy atom. The van der Waals surface area contributed by atoms with E-state index in [2.05, 4.69) is 16.4 Å². The van der Waals surface area contributed by atoms with Crippen LogP contribution in [-0.4, -0.2) is 10.9 Å². The molecule has 0 radical (unpaired) electrons. The number of hydrogen-bond donors (Lipinski definition) is 1. The molecule has 3 aromatic rings. The fourth-order valence-corrected chi connectivity index (χ4v) is 2.84. The molecular weight excluding hydrogens is 296 g/mol. The molecule has 1 unspecified atom stereocenters. The molecule has 1 heterocycles. The third-order valence-corrected chi connectivity index (χ3v) is 3.88. The van der Waals surface area contributed by atoms with Crippen LogP contribution in [0.15, 0.2) is 72.9 Å². The van der Waals surface area contributed by atoms with Gasteiger partial charge in [0.05, 0.1) is 11.7 Å². The molecule has 1 atom stereocenters. The van der Waals surface area contributed by atoms with E-state index in [1.54, 1.807) is 6.20 Å². The zero-order valence-corrected chi connectivity index (χ0v) is 13.9. The van der Waals surface area contributed by atoms with Gasteiger partial charge in [-0.2, -0.15) is 0 Å². The average molecular weight is 316 g/mol. The fraction of sp³-hybridized carbons (Fsp3) is 0.143. The molecule has 0 saturated carbocycles. The van der Waals surface area contributed by atoms with Gasteiger partial charge in [0.1, 0.15) is 0 Å². The molecule has 0 saturated heterocycles. The Morgan fingerprint density at radius 1 is 0.917 bits per heavy atom. The second kappa shape index (κ2) is 7.09. The lowest BCUT2D eigenvalue weighted by Gasteiger charge is -2.19. The molecule has 0 bridgehead atoms. The standard InChI is InChI=1S/C21H20N2O/c1-15-12-16(2)14-18(13-15)21(24)23-20(17-8-4-3-5-9-17)19-10-6-7-11-22-19/h3-14,20H,1-2H3,(H,23,24). The molecule has 0 aliphatic rings. The zero-order chi connectivity index (χ0) is 16.9. The van der Waals surface area contributed by atoms with Gasteiger partial charge in [0.2, 0.25) is 0 Å². The molecule has 0 fully saturated rings. The van der Waals surface area contributed by atoms with Gasteiger partial charge in [0, 0.05) is 11.8 Å². The zero-order valence-electron chi connectivity index (χ0n) is 13.9. The molecule has 3 nitrogen and oxygen atoms in total. The molecule has 24 heavy (non-hydrogen) atoms. The van der Waals surface area contributed by atoms with Gasteiger partial charge >= 0.3 is 0 Å². The monoisotopic (exact) mass is 316 g/mol. The minimum atomic E-state index is -0.277. The number of benzene rings is 2. The van der Waals surface area contributed by atoms with Crippen LogP contribution in [0.4, 0.5) is 0 Å². The highest BCUT2D eigenvalue weighted by atomic mass is 16.1. The first-order valence-electron chi connectivity index (χ1n) is 7.98. The number of nitrogens with one attached hydrogen (secondary N) is 1.